The monoisotopic (exact) mass is 267 g/mol. The zero-order valence-electron chi connectivity index (χ0n) is 10.4. The fraction of sp³-hybridized carbons (Fsp3) is 0.909. The van der Waals surface area contributed by atoms with Crippen LogP contribution in [0.1, 0.15) is 25.7 Å². The molecule has 0 bridgehead atoms. The van der Waals surface area contributed by atoms with Crippen LogP contribution in [-0.2, 0) is 19.0 Å². The molecule has 1 rings (SSSR count). The maximum absolute atomic E-state index is 11.5. The van der Waals surface area contributed by atoms with E-state index >= 15 is 0 Å². The summed E-state index contributed by atoms with van der Waals surface area (Å²) in [5, 5.41) is 0. The Bertz CT molecular complexity index is 240. The quantitative estimate of drug-likeness (QED) is 0.592. The number of ether oxygens (including phenoxy) is 3. The molecule has 0 radical (unpaired) electrons. The van der Waals surface area contributed by atoms with Crippen LogP contribution in [-0.4, -0.2) is 45.0 Å². The van der Waals surface area contributed by atoms with E-state index in [-0.39, 0.29) is 24.5 Å². The fourth-order valence-electron chi connectivity index (χ4n) is 2.08. The van der Waals surface area contributed by atoms with Crippen LogP contribution >= 0.6 is 12.4 Å². The third kappa shape index (κ3) is 4.79. The second-order valence-corrected chi connectivity index (χ2v) is 4.23. The van der Waals surface area contributed by atoms with E-state index in [4.69, 9.17) is 19.9 Å². The average Bonchev–Trinajstić information content (AvgIpc) is 2.28. The first-order chi connectivity index (χ1) is 7.62. The van der Waals surface area contributed by atoms with Gasteiger partial charge in [-0.3, -0.25) is 4.79 Å². The predicted octanol–water partition coefficient (Wildman–Crippen LogP) is 0.884. The van der Waals surface area contributed by atoms with Crippen molar-refractivity contribution in [2.24, 2.45) is 5.73 Å². The summed E-state index contributed by atoms with van der Waals surface area (Å²) in [7, 11) is 3.00. The molecule has 17 heavy (non-hydrogen) atoms. The van der Waals surface area contributed by atoms with Crippen molar-refractivity contribution in [2.45, 2.75) is 37.3 Å². The number of rotatable bonds is 5. The van der Waals surface area contributed by atoms with Gasteiger partial charge in [0, 0.05) is 13.5 Å². The van der Waals surface area contributed by atoms with Gasteiger partial charge in [-0.25, -0.2) is 0 Å². The highest BCUT2D eigenvalue weighted by atomic mass is 35.5. The minimum Gasteiger partial charge on any atom is -0.468 e. The summed E-state index contributed by atoms with van der Waals surface area (Å²) in [6, 6.07) is 0. The molecule has 102 valence electrons. The molecule has 0 aliphatic heterocycles. The summed E-state index contributed by atoms with van der Waals surface area (Å²) < 4.78 is 15.2. The maximum Gasteiger partial charge on any atom is 0.325 e. The second kappa shape index (κ2) is 7.87. The summed E-state index contributed by atoms with van der Waals surface area (Å²) in [6.07, 6.45) is 3.07. The molecule has 0 aromatic rings. The molecule has 2 unspecified atom stereocenters. The van der Waals surface area contributed by atoms with Crippen LogP contribution in [0.3, 0.4) is 0 Å². The Morgan fingerprint density at radius 1 is 1.41 bits per heavy atom. The van der Waals surface area contributed by atoms with Crippen LogP contribution in [0, 0.1) is 0 Å². The van der Waals surface area contributed by atoms with Crippen LogP contribution in [0.15, 0.2) is 0 Å². The Balaban J connectivity index is 0.00000256. The van der Waals surface area contributed by atoms with Crippen LogP contribution in [0.5, 0.6) is 0 Å². The topological polar surface area (TPSA) is 70.8 Å². The van der Waals surface area contributed by atoms with Gasteiger partial charge in [0.1, 0.15) is 5.54 Å². The molecule has 1 aliphatic rings. The minimum absolute atomic E-state index is 0. The number of carbonyl (C=O) groups is 1. The third-order valence-corrected chi connectivity index (χ3v) is 2.97. The molecule has 2 N–H and O–H groups in total. The van der Waals surface area contributed by atoms with Gasteiger partial charge in [0.05, 0.1) is 26.4 Å². The zero-order valence-corrected chi connectivity index (χ0v) is 11.3. The molecule has 1 fully saturated rings. The van der Waals surface area contributed by atoms with Crippen LogP contribution in [0.25, 0.3) is 0 Å². The number of carbonyl (C=O) groups excluding carboxylic acids is 1. The third-order valence-electron chi connectivity index (χ3n) is 2.97. The van der Waals surface area contributed by atoms with Gasteiger partial charge in [-0.15, -0.1) is 12.4 Å². The van der Waals surface area contributed by atoms with E-state index in [1.807, 2.05) is 0 Å². The van der Waals surface area contributed by atoms with E-state index in [0.717, 1.165) is 12.8 Å². The predicted molar refractivity (Wildman–Crippen MR) is 66.3 cm³/mol. The lowest BCUT2D eigenvalue weighted by Crippen LogP contribution is -2.53. The summed E-state index contributed by atoms with van der Waals surface area (Å²) in [6.45, 7) is 1.10. The van der Waals surface area contributed by atoms with Crippen molar-refractivity contribution in [1.82, 2.24) is 0 Å². The minimum atomic E-state index is -0.870. The number of methoxy groups -OCH3 is 2. The summed E-state index contributed by atoms with van der Waals surface area (Å²) >= 11 is 0. The number of hydrogen-bond acceptors (Lipinski definition) is 5. The standard InChI is InChI=1S/C11H21NO4.ClH/c1-14-6-7-16-9-4-3-5-11(12,8-9)10(13)15-2;/h9H,3-8,12H2,1-2H3;1H. The molecule has 0 aromatic carbocycles. The van der Waals surface area contributed by atoms with Crippen molar-refractivity contribution in [2.75, 3.05) is 27.4 Å². The molecule has 0 saturated heterocycles. The molecule has 2 atom stereocenters. The van der Waals surface area contributed by atoms with Crippen molar-refractivity contribution < 1.29 is 19.0 Å². The molecule has 0 amide bonds. The Hall–Kier alpha value is -0.360. The van der Waals surface area contributed by atoms with Crippen molar-refractivity contribution >= 4 is 18.4 Å². The van der Waals surface area contributed by atoms with Gasteiger partial charge in [0.25, 0.3) is 0 Å². The van der Waals surface area contributed by atoms with E-state index in [9.17, 15) is 4.79 Å². The molecule has 6 heteroatoms. The fourth-order valence-corrected chi connectivity index (χ4v) is 2.08. The number of hydrogen-bond donors (Lipinski definition) is 1. The molecular weight excluding hydrogens is 246 g/mol. The van der Waals surface area contributed by atoms with Gasteiger partial charge in [0.15, 0.2) is 0 Å². The van der Waals surface area contributed by atoms with Gasteiger partial charge in [-0.1, -0.05) is 0 Å². The number of esters is 1. The van der Waals surface area contributed by atoms with E-state index < -0.39 is 5.54 Å². The number of nitrogens with two attached hydrogens (primary N) is 1. The Morgan fingerprint density at radius 3 is 2.71 bits per heavy atom. The lowest BCUT2D eigenvalue weighted by molar-refractivity contribution is -0.150. The summed E-state index contributed by atoms with van der Waals surface area (Å²) in [5.74, 6) is -0.340. The first-order valence-electron chi connectivity index (χ1n) is 5.60. The van der Waals surface area contributed by atoms with Crippen LogP contribution in [0.2, 0.25) is 0 Å². The SMILES string of the molecule is COCCOC1CCCC(N)(C(=O)OC)C1.Cl. The molecule has 5 nitrogen and oxygen atoms in total. The van der Waals surface area contributed by atoms with Crippen molar-refractivity contribution in [3.05, 3.63) is 0 Å². The largest absolute Gasteiger partial charge is 0.468 e. The molecule has 1 saturated carbocycles. The van der Waals surface area contributed by atoms with Gasteiger partial charge >= 0.3 is 5.97 Å². The Morgan fingerprint density at radius 2 is 2.12 bits per heavy atom. The highest BCUT2D eigenvalue weighted by Crippen LogP contribution is 2.29. The molecule has 0 aromatic heterocycles. The van der Waals surface area contributed by atoms with Crippen LogP contribution in [0.4, 0.5) is 0 Å². The smallest absolute Gasteiger partial charge is 0.325 e. The Kier molecular flexibility index (Phi) is 7.70. The highest BCUT2D eigenvalue weighted by molar-refractivity contribution is 5.85. The van der Waals surface area contributed by atoms with E-state index in [0.29, 0.717) is 26.1 Å². The number of halogens is 1. The van der Waals surface area contributed by atoms with E-state index in [1.54, 1.807) is 7.11 Å². The van der Waals surface area contributed by atoms with Crippen molar-refractivity contribution in [3.63, 3.8) is 0 Å². The second-order valence-electron chi connectivity index (χ2n) is 4.23. The highest BCUT2D eigenvalue weighted by Gasteiger charge is 2.40. The first-order valence-corrected chi connectivity index (χ1v) is 5.60. The van der Waals surface area contributed by atoms with Gasteiger partial charge in [-0.2, -0.15) is 0 Å². The maximum atomic E-state index is 11.5. The summed E-state index contributed by atoms with van der Waals surface area (Å²) in [4.78, 5) is 11.5. The van der Waals surface area contributed by atoms with Gasteiger partial charge in [-0.05, 0) is 19.3 Å². The normalized spacial score (nSPS) is 28.3. The zero-order chi connectivity index (χ0) is 12.0. The molecule has 0 heterocycles. The van der Waals surface area contributed by atoms with Crippen molar-refractivity contribution in [3.8, 4) is 0 Å². The van der Waals surface area contributed by atoms with E-state index in [2.05, 4.69) is 0 Å². The lowest BCUT2D eigenvalue weighted by Gasteiger charge is -2.35. The molecule has 0 spiro atoms. The lowest BCUT2D eigenvalue weighted by atomic mass is 9.81. The summed E-state index contributed by atoms with van der Waals surface area (Å²) in [5.41, 5.74) is 5.15. The van der Waals surface area contributed by atoms with Crippen molar-refractivity contribution in [1.29, 1.82) is 0 Å². The van der Waals surface area contributed by atoms with Crippen LogP contribution < -0.4 is 5.73 Å². The average molecular weight is 268 g/mol. The van der Waals surface area contributed by atoms with Gasteiger partial charge in [0.2, 0.25) is 0 Å². The van der Waals surface area contributed by atoms with Gasteiger partial charge < -0.3 is 19.9 Å². The molecular formula is C11H22ClNO4. The first kappa shape index (κ1) is 16.6. The molecule has 1 aliphatic carbocycles. The van der Waals surface area contributed by atoms with E-state index in [1.165, 1.54) is 7.11 Å². The Labute approximate surface area is 108 Å².